The summed E-state index contributed by atoms with van der Waals surface area (Å²) in [5, 5.41) is 7.75. The molecule has 0 aliphatic carbocycles. The van der Waals surface area contributed by atoms with Crippen molar-refractivity contribution in [1.29, 1.82) is 0 Å². The Hall–Kier alpha value is -3.89. The molecule has 0 spiro atoms. The highest BCUT2D eigenvalue weighted by molar-refractivity contribution is 5.97. The zero-order chi connectivity index (χ0) is 25.5. The van der Waals surface area contributed by atoms with Crippen LogP contribution in [0.25, 0.3) is 5.65 Å². The normalized spacial score (nSPS) is 20.8. The summed E-state index contributed by atoms with van der Waals surface area (Å²) in [7, 11) is 1.86. The highest BCUT2D eigenvalue weighted by Gasteiger charge is 2.33. The molecule has 2 fully saturated rings. The summed E-state index contributed by atoms with van der Waals surface area (Å²) in [5.74, 6) is 0.925. The zero-order valence-corrected chi connectivity index (χ0v) is 20.8. The first-order chi connectivity index (χ1) is 18.0. The van der Waals surface area contributed by atoms with E-state index in [4.69, 9.17) is 14.8 Å². The number of nitrogens with one attached hydrogen (secondary N) is 1. The number of carbonyl (C=O) groups excluding carboxylic acids is 2. The number of carbonyl (C=O) groups is 2. The van der Waals surface area contributed by atoms with Gasteiger partial charge in [-0.3, -0.25) is 9.59 Å². The van der Waals surface area contributed by atoms with Gasteiger partial charge >= 0.3 is 0 Å². The lowest BCUT2D eigenvalue weighted by Gasteiger charge is -2.35. The van der Waals surface area contributed by atoms with Crippen LogP contribution in [0.5, 0.6) is 5.75 Å². The Labute approximate surface area is 214 Å². The van der Waals surface area contributed by atoms with Gasteiger partial charge in [0, 0.05) is 38.8 Å². The average Bonchev–Trinajstić information content (AvgIpc) is 3.29. The van der Waals surface area contributed by atoms with Crippen molar-refractivity contribution >= 4 is 29.1 Å². The molecule has 3 aliphatic rings. The maximum atomic E-state index is 14.2. The third-order valence-electron chi connectivity index (χ3n) is 7.32. The van der Waals surface area contributed by atoms with Crippen LogP contribution >= 0.6 is 0 Å². The van der Waals surface area contributed by atoms with E-state index < -0.39 is 5.82 Å². The second kappa shape index (κ2) is 9.53. The lowest BCUT2D eigenvalue weighted by atomic mass is 9.98. The van der Waals surface area contributed by atoms with Gasteiger partial charge in [0.25, 0.3) is 5.91 Å². The Morgan fingerprint density at radius 1 is 1.08 bits per heavy atom. The van der Waals surface area contributed by atoms with E-state index in [9.17, 15) is 14.0 Å². The Kier molecular flexibility index (Phi) is 6.05. The third-order valence-corrected chi connectivity index (χ3v) is 7.32. The van der Waals surface area contributed by atoms with Crippen LogP contribution < -0.4 is 19.9 Å². The minimum absolute atomic E-state index is 0.129. The molecule has 2 amide bonds. The molecule has 37 heavy (non-hydrogen) atoms. The maximum absolute atomic E-state index is 14.2. The molecule has 1 aromatic carbocycles. The zero-order valence-electron chi connectivity index (χ0n) is 20.8. The number of likely N-dealkylation sites (N-methyl/N-ethyl adjacent to an activating group) is 1. The molecule has 1 N–H and O–H groups in total. The van der Waals surface area contributed by atoms with Crippen LogP contribution in [0.15, 0.2) is 30.3 Å². The molecule has 3 aromatic rings. The summed E-state index contributed by atoms with van der Waals surface area (Å²) in [6.45, 7) is 2.96. The molecule has 194 valence electrons. The van der Waals surface area contributed by atoms with Crippen LogP contribution in [0, 0.1) is 5.82 Å². The summed E-state index contributed by atoms with van der Waals surface area (Å²) in [6, 6.07) is 7.59. The van der Waals surface area contributed by atoms with Crippen LogP contribution in [0.3, 0.4) is 0 Å². The molecule has 6 rings (SSSR count). The predicted molar refractivity (Wildman–Crippen MR) is 136 cm³/mol. The molecule has 0 saturated carbocycles. The first-order valence-electron chi connectivity index (χ1n) is 12.8. The number of fused-ring (bicyclic) bond motifs is 4. The number of hydrogen-bond donors (Lipinski definition) is 1. The molecule has 10 nitrogen and oxygen atoms in total. The molecule has 0 unspecified atom stereocenters. The standard InChI is InChI=1S/C26H30FN7O3/c1-31-16-24(35)28-8-12-37-21-7-6-17(27)13-18(21)26(36)33-11-3-2-5-20(33)19-14-23-29-22(32-9-4-10-32)15-25(31)34(23)30-19/h6-7,13-15,20H,2-5,8-12,16H2,1H3,(H,28,35)/t20-/m0/s1. The van der Waals surface area contributed by atoms with E-state index in [-0.39, 0.29) is 43.1 Å². The second-order valence-electron chi connectivity index (χ2n) is 9.86. The molecule has 5 heterocycles. The minimum Gasteiger partial charge on any atom is -0.491 e. The van der Waals surface area contributed by atoms with Crippen molar-refractivity contribution in [2.24, 2.45) is 0 Å². The number of amides is 2. The van der Waals surface area contributed by atoms with Crippen LogP contribution in [-0.4, -0.2) is 77.7 Å². The molecule has 2 aromatic heterocycles. The van der Waals surface area contributed by atoms with E-state index in [1.165, 1.54) is 18.2 Å². The largest absolute Gasteiger partial charge is 0.491 e. The number of nitrogens with zero attached hydrogens (tertiary/aromatic N) is 6. The van der Waals surface area contributed by atoms with Crippen LogP contribution in [0.1, 0.15) is 47.8 Å². The molecule has 0 radical (unpaired) electrons. The van der Waals surface area contributed by atoms with Crippen molar-refractivity contribution in [3.8, 4) is 5.75 Å². The number of aromatic nitrogens is 3. The minimum atomic E-state index is -0.505. The number of anilines is 2. The fraction of sp³-hybridized carbons (Fsp3) is 0.462. The van der Waals surface area contributed by atoms with E-state index in [1.807, 2.05) is 24.1 Å². The Morgan fingerprint density at radius 2 is 1.95 bits per heavy atom. The summed E-state index contributed by atoms with van der Waals surface area (Å²) in [6.07, 6.45) is 3.68. The number of benzene rings is 1. The van der Waals surface area contributed by atoms with Crippen LogP contribution in [0.2, 0.25) is 0 Å². The smallest absolute Gasteiger partial charge is 0.258 e. The predicted octanol–water partition coefficient (Wildman–Crippen LogP) is 2.39. The number of halogens is 1. The average molecular weight is 508 g/mol. The van der Waals surface area contributed by atoms with Gasteiger partial charge in [-0.25, -0.2) is 9.37 Å². The van der Waals surface area contributed by atoms with Gasteiger partial charge in [0.15, 0.2) is 5.65 Å². The van der Waals surface area contributed by atoms with Gasteiger partial charge in [0.2, 0.25) is 5.91 Å². The van der Waals surface area contributed by atoms with E-state index in [0.717, 1.165) is 56.1 Å². The highest BCUT2D eigenvalue weighted by Crippen LogP contribution is 2.35. The van der Waals surface area contributed by atoms with Crippen LogP contribution in [0.4, 0.5) is 16.0 Å². The van der Waals surface area contributed by atoms with Gasteiger partial charge in [0.1, 0.15) is 29.8 Å². The quantitative estimate of drug-likeness (QED) is 0.541. The summed E-state index contributed by atoms with van der Waals surface area (Å²) >= 11 is 0. The molecular weight excluding hydrogens is 477 g/mol. The Balaban J connectivity index is 1.47. The number of piperidine rings is 1. The van der Waals surface area contributed by atoms with Crippen molar-refractivity contribution in [1.82, 2.24) is 24.8 Å². The van der Waals surface area contributed by atoms with E-state index >= 15 is 0 Å². The second-order valence-corrected chi connectivity index (χ2v) is 9.86. The maximum Gasteiger partial charge on any atom is 0.258 e. The number of ether oxygens (including phenoxy) is 1. The molecular formula is C26H30FN7O3. The van der Waals surface area contributed by atoms with Gasteiger partial charge in [-0.15, -0.1) is 0 Å². The lowest BCUT2D eigenvalue weighted by Crippen LogP contribution is -2.40. The summed E-state index contributed by atoms with van der Waals surface area (Å²) < 4.78 is 21.8. The van der Waals surface area contributed by atoms with Gasteiger partial charge in [-0.1, -0.05) is 0 Å². The fourth-order valence-electron chi connectivity index (χ4n) is 5.24. The van der Waals surface area contributed by atoms with E-state index in [1.54, 1.807) is 9.42 Å². The third kappa shape index (κ3) is 4.42. The van der Waals surface area contributed by atoms with E-state index in [0.29, 0.717) is 17.9 Å². The van der Waals surface area contributed by atoms with Crippen molar-refractivity contribution in [2.45, 2.75) is 31.7 Å². The van der Waals surface area contributed by atoms with Crippen molar-refractivity contribution in [3.05, 3.63) is 47.4 Å². The summed E-state index contributed by atoms with van der Waals surface area (Å²) in [4.78, 5) is 37.2. The lowest BCUT2D eigenvalue weighted by molar-refractivity contribution is -0.119. The monoisotopic (exact) mass is 507 g/mol. The van der Waals surface area contributed by atoms with Crippen molar-refractivity contribution in [3.63, 3.8) is 0 Å². The topological polar surface area (TPSA) is 95.3 Å². The Morgan fingerprint density at radius 3 is 2.76 bits per heavy atom. The first kappa shape index (κ1) is 23.5. The fourth-order valence-corrected chi connectivity index (χ4v) is 5.24. The molecule has 3 aliphatic heterocycles. The number of rotatable bonds is 1. The van der Waals surface area contributed by atoms with Crippen molar-refractivity contribution in [2.75, 3.05) is 56.2 Å². The van der Waals surface area contributed by atoms with Gasteiger partial charge < -0.3 is 24.8 Å². The summed E-state index contributed by atoms with van der Waals surface area (Å²) in [5.41, 5.74) is 1.57. The molecule has 1 atom stereocenters. The molecule has 2 bridgehead atoms. The highest BCUT2D eigenvalue weighted by atomic mass is 19.1. The molecule has 11 heteroatoms. The SMILES string of the molecule is CN1CC(=O)NCCOc2ccc(F)cc2C(=O)N2CCCC[C@H]2c2cc3nc(N4CCC4)cc1n3n2. The first-order valence-corrected chi connectivity index (χ1v) is 12.8. The van der Waals surface area contributed by atoms with E-state index in [2.05, 4.69) is 10.2 Å². The van der Waals surface area contributed by atoms with Crippen LogP contribution in [-0.2, 0) is 4.79 Å². The number of hydrogen-bond acceptors (Lipinski definition) is 7. The van der Waals surface area contributed by atoms with Gasteiger partial charge in [0.05, 0.1) is 30.4 Å². The van der Waals surface area contributed by atoms with Gasteiger partial charge in [-0.05, 0) is 43.9 Å². The van der Waals surface area contributed by atoms with Crippen molar-refractivity contribution < 1.29 is 18.7 Å². The Bertz CT molecular complexity index is 1360. The van der Waals surface area contributed by atoms with Gasteiger partial charge in [-0.2, -0.15) is 9.61 Å². The molecule has 2 saturated heterocycles.